The van der Waals surface area contributed by atoms with Crippen LogP contribution in [-0.2, 0) is 0 Å². The fraction of sp³-hybridized carbons (Fsp3) is 0.125. The number of hydrogen-bond donors (Lipinski definition) is 3. The predicted molar refractivity (Wildman–Crippen MR) is 79.7 cm³/mol. The molecule has 23 heavy (non-hydrogen) atoms. The van der Waals surface area contributed by atoms with Gasteiger partial charge in [0.25, 0.3) is 5.91 Å². The van der Waals surface area contributed by atoms with E-state index in [9.17, 15) is 18.7 Å². The number of carbonyl (C=O) groups excluding carboxylic acids is 1. The van der Waals surface area contributed by atoms with Gasteiger partial charge in [-0.3, -0.25) is 9.89 Å². The molecule has 1 unspecified atom stereocenters. The van der Waals surface area contributed by atoms with Crippen LogP contribution in [0.15, 0.2) is 42.6 Å². The Bertz CT molecular complexity index is 843. The van der Waals surface area contributed by atoms with E-state index in [0.29, 0.717) is 5.56 Å². The third-order valence-corrected chi connectivity index (χ3v) is 3.49. The number of nitrogens with zero attached hydrogens (tertiary/aromatic N) is 1. The first kappa shape index (κ1) is 15.1. The zero-order chi connectivity index (χ0) is 16.4. The summed E-state index contributed by atoms with van der Waals surface area (Å²) in [6.07, 6.45) is 0.105. The van der Waals surface area contributed by atoms with Crippen LogP contribution < -0.4 is 5.32 Å². The number of aliphatic hydroxyl groups is 1. The van der Waals surface area contributed by atoms with E-state index >= 15 is 0 Å². The van der Waals surface area contributed by atoms with Gasteiger partial charge in [0.05, 0.1) is 17.3 Å². The number of rotatable bonds is 4. The molecule has 0 radical (unpaired) electrons. The molecule has 1 atom stereocenters. The van der Waals surface area contributed by atoms with E-state index in [-0.39, 0.29) is 6.54 Å². The number of amides is 1. The average Bonchev–Trinajstić information content (AvgIpc) is 3.00. The van der Waals surface area contributed by atoms with Crippen molar-refractivity contribution in [1.29, 1.82) is 0 Å². The minimum atomic E-state index is -1.47. The topological polar surface area (TPSA) is 78.0 Å². The number of aromatic amines is 1. The van der Waals surface area contributed by atoms with Gasteiger partial charge in [-0.05, 0) is 30.3 Å². The summed E-state index contributed by atoms with van der Waals surface area (Å²) in [5.74, 6) is -2.16. The van der Waals surface area contributed by atoms with Crippen molar-refractivity contribution in [2.45, 2.75) is 6.10 Å². The Kier molecular flexibility index (Phi) is 4.03. The lowest BCUT2D eigenvalue weighted by atomic mass is 10.1. The Labute approximate surface area is 129 Å². The molecule has 1 aromatic heterocycles. The molecule has 3 rings (SSSR count). The summed E-state index contributed by atoms with van der Waals surface area (Å²) in [6.45, 7) is -0.305. The highest BCUT2D eigenvalue weighted by molar-refractivity contribution is 5.97. The van der Waals surface area contributed by atoms with E-state index in [1.165, 1.54) is 6.07 Å². The molecule has 1 heterocycles. The van der Waals surface area contributed by atoms with Crippen LogP contribution in [0.5, 0.6) is 0 Å². The predicted octanol–water partition coefficient (Wildman–Crippen LogP) is 2.30. The molecule has 0 aliphatic carbocycles. The molecule has 7 heteroatoms. The van der Waals surface area contributed by atoms with E-state index in [1.807, 2.05) is 0 Å². The summed E-state index contributed by atoms with van der Waals surface area (Å²) in [6, 6.07) is 8.23. The lowest BCUT2D eigenvalue weighted by molar-refractivity contribution is 0.0911. The molecule has 0 bridgehead atoms. The van der Waals surface area contributed by atoms with E-state index in [1.54, 1.807) is 24.4 Å². The normalized spacial score (nSPS) is 12.3. The Morgan fingerprint density at radius 3 is 2.74 bits per heavy atom. The van der Waals surface area contributed by atoms with Gasteiger partial charge in [0, 0.05) is 17.5 Å². The monoisotopic (exact) mass is 317 g/mol. The fourth-order valence-corrected chi connectivity index (χ4v) is 2.31. The SMILES string of the molecule is O=C(NCC(O)c1c(F)cccc1F)c1ccc2[nH]ncc2c1. The molecule has 0 aliphatic heterocycles. The summed E-state index contributed by atoms with van der Waals surface area (Å²) in [5, 5.41) is 19.7. The highest BCUT2D eigenvalue weighted by atomic mass is 19.1. The number of aliphatic hydroxyl groups excluding tert-OH is 1. The van der Waals surface area contributed by atoms with Crippen molar-refractivity contribution in [3.8, 4) is 0 Å². The molecular formula is C16H13F2N3O2. The summed E-state index contributed by atoms with van der Waals surface area (Å²) in [7, 11) is 0. The lowest BCUT2D eigenvalue weighted by Gasteiger charge is -2.14. The molecule has 118 valence electrons. The first-order valence-electron chi connectivity index (χ1n) is 6.89. The molecule has 0 spiro atoms. The Hall–Kier alpha value is -2.80. The van der Waals surface area contributed by atoms with Crippen LogP contribution in [0.4, 0.5) is 8.78 Å². The molecule has 0 saturated carbocycles. The number of benzene rings is 2. The van der Waals surface area contributed by atoms with Crippen LogP contribution in [0.25, 0.3) is 10.9 Å². The van der Waals surface area contributed by atoms with E-state index in [2.05, 4.69) is 15.5 Å². The summed E-state index contributed by atoms with van der Waals surface area (Å²) in [5.41, 5.74) is 0.688. The second kappa shape index (κ2) is 6.13. The zero-order valence-electron chi connectivity index (χ0n) is 11.9. The minimum Gasteiger partial charge on any atom is -0.386 e. The van der Waals surface area contributed by atoms with Crippen molar-refractivity contribution < 1.29 is 18.7 Å². The van der Waals surface area contributed by atoms with Crippen molar-refractivity contribution in [1.82, 2.24) is 15.5 Å². The Morgan fingerprint density at radius 1 is 1.26 bits per heavy atom. The number of fused-ring (bicyclic) bond motifs is 1. The second-order valence-corrected chi connectivity index (χ2v) is 5.03. The summed E-state index contributed by atoms with van der Waals surface area (Å²) in [4.78, 5) is 12.1. The molecule has 1 amide bonds. The standard InChI is InChI=1S/C16H13F2N3O2/c17-11-2-1-3-12(18)15(11)14(22)8-19-16(23)9-4-5-13-10(6-9)7-20-21-13/h1-7,14,22H,8H2,(H,19,23)(H,20,21). The lowest BCUT2D eigenvalue weighted by Crippen LogP contribution is -2.29. The first-order chi connectivity index (χ1) is 11.1. The molecule has 5 nitrogen and oxygen atoms in total. The molecule has 0 aliphatic rings. The van der Waals surface area contributed by atoms with Gasteiger partial charge in [-0.1, -0.05) is 6.07 Å². The van der Waals surface area contributed by atoms with Gasteiger partial charge in [-0.25, -0.2) is 8.78 Å². The third-order valence-electron chi connectivity index (χ3n) is 3.49. The van der Waals surface area contributed by atoms with Gasteiger partial charge in [0.15, 0.2) is 0 Å². The van der Waals surface area contributed by atoms with Gasteiger partial charge in [-0.15, -0.1) is 0 Å². The summed E-state index contributed by atoms with van der Waals surface area (Å²) < 4.78 is 27.1. The van der Waals surface area contributed by atoms with Gasteiger partial charge in [0.2, 0.25) is 0 Å². The molecule has 3 N–H and O–H groups in total. The van der Waals surface area contributed by atoms with Crippen LogP contribution in [0, 0.1) is 11.6 Å². The number of H-pyrrole nitrogens is 1. The highest BCUT2D eigenvalue weighted by Crippen LogP contribution is 2.20. The highest BCUT2D eigenvalue weighted by Gasteiger charge is 2.18. The number of nitrogens with one attached hydrogen (secondary N) is 2. The maximum atomic E-state index is 13.6. The van der Waals surface area contributed by atoms with Crippen molar-refractivity contribution in [3.63, 3.8) is 0 Å². The maximum absolute atomic E-state index is 13.6. The van der Waals surface area contributed by atoms with Gasteiger partial charge < -0.3 is 10.4 Å². The smallest absolute Gasteiger partial charge is 0.251 e. The molecule has 0 saturated heterocycles. The van der Waals surface area contributed by atoms with Gasteiger partial charge in [-0.2, -0.15) is 5.10 Å². The van der Waals surface area contributed by atoms with Gasteiger partial charge in [0.1, 0.15) is 17.7 Å². The number of aromatic nitrogens is 2. The second-order valence-electron chi connectivity index (χ2n) is 5.03. The van der Waals surface area contributed by atoms with Crippen molar-refractivity contribution in [2.24, 2.45) is 0 Å². The fourth-order valence-electron chi connectivity index (χ4n) is 2.31. The molecule has 3 aromatic rings. The van der Waals surface area contributed by atoms with Crippen LogP contribution >= 0.6 is 0 Å². The quantitative estimate of drug-likeness (QED) is 0.691. The first-order valence-corrected chi connectivity index (χ1v) is 6.89. The van der Waals surface area contributed by atoms with Crippen molar-refractivity contribution >= 4 is 16.8 Å². The van der Waals surface area contributed by atoms with E-state index in [0.717, 1.165) is 23.0 Å². The Morgan fingerprint density at radius 2 is 2.00 bits per heavy atom. The van der Waals surface area contributed by atoms with Crippen molar-refractivity contribution in [2.75, 3.05) is 6.54 Å². The maximum Gasteiger partial charge on any atom is 0.251 e. The van der Waals surface area contributed by atoms with Crippen LogP contribution in [-0.4, -0.2) is 27.8 Å². The van der Waals surface area contributed by atoms with Gasteiger partial charge >= 0.3 is 0 Å². The molecular weight excluding hydrogens is 304 g/mol. The van der Waals surface area contributed by atoms with Crippen LogP contribution in [0.1, 0.15) is 22.0 Å². The number of halogens is 2. The third kappa shape index (κ3) is 3.04. The van der Waals surface area contributed by atoms with Crippen LogP contribution in [0.2, 0.25) is 0 Å². The molecule has 2 aromatic carbocycles. The minimum absolute atomic E-state index is 0.305. The number of hydrogen-bond acceptors (Lipinski definition) is 3. The average molecular weight is 317 g/mol. The van der Waals surface area contributed by atoms with Crippen LogP contribution in [0.3, 0.4) is 0 Å². The largest absolute Gasteiger partial charge is 0.386 e. The number of carbonyl (C=O) groups is 1. The Balaban J connectivity index is 1.71. The van der Waals surface area contributed by atoms with Crippen molar-refractivity contribution in [3.05, 3.63) is 65.4 Å². The van der Waals surface area contributed by atoms with E-state index < -0.39 is 29.2 Å². The summed E-state index contributed by atoms with van der Waals surface area (Å²) >= 11 is 0. The molecule has 0 fully saturated rings. The zero-order valence-corrected chi connectivity index (χ0v) is 11.9. The van der Waals surface area contributed by atoms with E-state index in [4.69, 9.17) is 0 Å².